The lowest BCUT2D eigenvalue weighted by Gasteiger charge is -2.19. The molecule has 0 amide bonds. The van der Waals surface area contributed by atoms with Crippen LogP contribution < -0.4 is 11.3 Å². The smallest absolute Gasteiger partial charge is 0.0735 e. The third-order valence-electron chi connectivity index (χ3n) is 2.88. The van der Waals surface area contributed by atoms with Gasteiger partial charge in [0.15, 0.2) is 0 Å². The van der Waals surface area contributed by atoms with Gasteiger partial charge in [-0.05, 0) is 36.4 Å². The minimum absolute atomic E-state index is 0.0262. The molecule has 0 bridgehead atoms. The Balaban J connectivity index is 2.41. The molecule has 0 aliphatic carbocycles. The van der Waals surface area contributed by atoms with Gasteiger partial charge < -0.3 is 0 Å². The number of rotatable bonds is 4. The molecule has 3 N–H and O–H groups in total. The summed E-state index contributed by atoms with van der Waals surface area (Å²) in [5.74, 6) is 5.71. The van der Waals surface area contributed by atoms with Gasteiger partial charge in [0.1, 0.15) is 0 Å². The first-order valence-electron chi connectivity index (χ1n) is 5.78. The van der Waals surface area contributed by atoms with Crippen molar-refractivity contribution in [2.45, 2.75) is 17.9 Å². The Morgan fingerprint density at radius 2 is 2.00 bits per heavy atom. The first kappa shape index (κ1) is 13.1. The van der Waals surface area contributed by atoms with Gasteiger partial charge in [0.05, 0.1) is 6.04 Å². The summed E-state index contributed by atoms with van der Waals surface area (Å²) in [6.07, 6.45) is 3.94. The summed E-state index contributed by atoms with van der Waals surface area (Å²) in [6.45, 7) is 1.98. The quantitative estimate of drug-likeness (QED) is 0.503. The van der Waals surface area contributed by atoms with Crippen LogP contribution in [0.3, 0.4) is 0 Å². The molecular weight excluding hydrogens is 242 g/mol. The van der Waals surface area contributed by atoms with Crippen molar-refractivity contribution in [1.29, 1.82) is 0 Å². The maximum atomic E-state index is 5.71. The summed E-state index contributed by atoms with van der Waals surface area (Å²) in [4.78, 5) is 5.55. The molecule has 0 radical (unpaired) electrons. The number of pyridine rings is 1. The van der Waals surface area contributed by atoms with Gasteiger partial charge in [0.25, 0.3) is 0 Å². The van der Waals surface area contributed by atoms with Crippen LogP contribution in [0.2, 0.25) is 0 Å². The Hall–Kier alpha value is -1.36. The fourth-order valence-electron chi connectivity index (χ4n) is 1.92. The second kappa shape index (κ2) is 6.00. The Bertz CT molecular complexity index is 511. The molecule has 0 saturated heterocycles. The average molecular weight is 259 g/mol. The molecule has 2 aromatic rings. The van der Waals surface area contributed by atoms with Crippen LogP contribution in [0.5, 0.6) is 0 Å². The van der Waals surface area contributed by atoms with E-state index in [4.69, 9.17) is 5.84 Å². The van der Waals surface area contributed by atoms with Crippen LogP contribution in [0.15, 0.2) is 47.5 Å². The first-order chi connectivity index (χ1) is 8.76. The third-order valence-corrected chi connectivity index (χ3v) is 3.70. The summed E-state index contributed by atoms with van der Waals surface area (Å²) in [6, 6.07) is 12.3. The normalized spacial score (nSPS) is 12.4. The first-order valence-corrected chi connectivity index (χ1v) is 7.00. The second-order valence-corrected chi connectivity index (χ2v) is 4.92. The zero-order valence-corrected chi connectivity index (χ0v) is 11.4. The van der Waals surface area contributed by atoms with Gasteiger partial charge in [-0.2, -0.15) is 0 Å². The Kier molecular flexibility index (Phi) is 4.36. The number of aryl methyl sites for hydroxylation is 1. The molecule has 1 aromatic heterocycles. The van der Waals surface area contributed by atoms with Crippen molar-refractivity contribution < 1.29 is 0 Å². The van der Waals surface area contributed by atoms with Crippen molar-refractivity contribution in [3.8, 4) is 0 Å². The minimum Gasteiger partial charge on any atom is -0.271 e. The average Bonchev–Trinajstić information content (AvgIpc) is 2.42. The van der Waals surface area contributed by atoms with Crippen LogP contribution >= 0.6 is 11.8 Å². The SMILES string of the molecule is CSc1ccccc1C(NN)c1ccc(C)nc1. The van der Waals surface area contributed by atoms with Crippen molar-refractivity contribution in [3.05, 3.63) is 59.4 Å². The number of benzene rings is 1. The molecule has 3 nitrogen and oxygen atoms in total. The van der Waals surface area contributed by atoms with Crippen LogP contribution in [0, 0.1) is 6.92 Å². The maximum absolute atomic E-state index is 5.71. The van der Waals surface area contributed by atoms with Gasteiger partial charge in [-0.25, -0.2) is 5.43 Å². The summed E-state index contributed by atoms with van der Waals surface area (Å²) < 4.78 is 0. The van der Waals surface area contributed by atoms with E-state index >= 15 is 0 Å². The molecule has 18 heavy (non-hydrogen) atoms. The molecule has 0 saturated carbocycles. The molecule has 94 valence electrons. The van der Waals surface area contributed by atoms with E-state index in [1.165, 1.54) is 10.5 Å². The fourth-order valence-corrected chi connectivity index (χ4v) is 2.56. The zero-order valence-electron chi connectivity index (χ0n) is 10.6. The minimum atomic E-state index is -0.0262. The van der Waals surface area contributed by atoms with E-state index in [0.29, 0.717) is 0 Å². The molecule has 0 fully saturated rings. The predicted octanol–water partition coefficient (Wildman–Crippen LogP) is 2.66. The maximum Gasteiger partial charge on any atom is 0.0735 e. The monoisotopic (exact) mass is 259 g/mol. The number of hydrogen-bond acceptors (Lipinski definition) is 4. The Morgan fingerprint density at radius 1 is 1.22 bits per heavy atom. The summed E-state index contributed by atoms with van der Waals surface area (Å²) in [5.41, 5.74) is 6.14. The number of thioether (sulfide) groups is 1. The number of hydrogen-bond donors (Lipinski definition) is 2. The van der Waals surface area contributed by atoms with E-state index in [1.807, 2.05) is 31.3 Å². The molecule has 0 aliphatic rings. The van der Waals surface area contributed by atoms with E-state index in [0.717, 1.165) is 11.3 Å². The molecule has 0 aliphatic heterocycles. The van der Waals surface area contributed by atoms with Crippen LogP contribution in [-0.4, -0.2) is 11.2 Å². The van der Waals surface area contributed by atoms with E-state index in [1.54, 1.807) is 11.8 Å². The van der Waals surface area contributed by atoms with Gasteiger partial charge in [0, 0.05) is 16.8 Å². The van der Waals surface area contributed by atoms with Crippen molar-refractivity contribution >= 4 is 11.8 Å². The van der Waals surface area contributed by atoms with Crippen LogP contribution in [0.25, 0.3) is 0 Å². The van der Waals surface area contributed by atoms with E-state index < -0.39 is 0 Å². The third kappa shape index (κ3) is 2.72. The molecule has 4 heteroatoms. The Morgan fingerprint density at radius 3 is 2.61 bits per heavy atom. The van der Waals surface area contributed by atoms with E-state index in [2.05, 4.69) is 34.9 Å². The number of aromatic nitrogens is 1. The van der Waals surface area contributed by atoms with Crippen LogP contribution in [-0.2, 0) is 0 Å². The highest BCUT2D eigenvalue weighted by atomic mass is 32.2. The van der Waals surface area contributed by atoms with Gasteiger partial charge >= 0.3 is 0 Å². The summed E-state index contributed by atoms with van der Waals surface area (Å²) >= 11 is 1.72. The lowest BCUT2D eigenvalue weighted by atomic mass is 10.0. The van der Waals surface area contributed by atoms with Crippen molar-refractivity contribution in [2.24, 2.45) is 5.84 Å². The van der Waals surface area contributed by atoms with Gasteiger partial charge in [-0.3, -0.25) is 10.8 Å². The van der Waals surface area contributed by atoms with Crippen molar-refractivity contribution in [3.63, 3.8) is 0 Å². The van der Waals surface area contributed by atoms with Crippen molar-refractivity contribution in [1.82, 2.24) is 10.4 Å². The second-order valence-electron chi connectivity index (χ2n) is 4.07. The lowest BCUT2D eigenvalue weighted by molar-refractivity contribution is 0.625. The molecule has 2 rings (SSSR count). The van der Waals surface area contributed by atoms with E-state index in [9.17, 15) is 0 Å². The fraction of sp³-hybridized carbons (Fsp3) is 0.214. The number of hydrazine groups is 1. The summed E-state index contributed by atoms with van der Waals surface area (Å²) in [7, 11) is 0. The van der Waals surface area contributed by atoms with Gasteiger partial charge in [0.2, 0.25) is 0 Å². The van der Waals surface area contributed by atoms with Crippen LogP contribution in [0.4, 0.5) is 0 Å². The highest BCUT2D eigenvalue weighted by Gasteiger charge is 2.15. The largest absolute Gasteiger partial charge is 0.271 e. The standard InChI is InChI=1S/C14H17N3S/c1-10-7-8-11(9-16-10)14(17-15)12-5-3-4-6-13(12)18-2/h3-9,14,17H,15H2,1-2H3. The van der Waals surface area contributed by atoms with Crippen LogP contribution in [0.1, 0.15) is 22.9 Å². The lowest BCUT2D eigenvalue weighted by Crippen LogP contribution is -2.29. The molecule has 1 heterocycles. The molecule has 1 atom stereocenters. The topological polar surface area (TPSA) is 50.9 Å². The van der Waals surface area contributed by atoms with Crippen molar-refractivity contribution in [2.75, 3.05) is 6.26 Å². The number of nitrogens with zero attached hydrogens (tertiary/aromatic N) is 1. The number of nitrogens with two attached hydrogens (primary N) is 1. The molecular formula is C14H17N3S. The molecule has 0 spiro atoms. The Labute approximate surface area is 112 Å². The number of nitrogens with one attached hydrogen (secondary N) is 1. The molecule has 1 unspecified atom stereocenters. The predicted molar refractivity (Wildman–Crippen MR) is 76.4 cm³/mol. The van der Waals surface area contributed by atoms with Gasteiger partial charge in [-0.15, -0.1) is 11.8 Å². The zero-order chi connectivity index (χ0) is 13.0. The van der Waals surface area contributed by atoms with E-state index in [-0.39, 0.29) is 6.04 Å². The summed E-state index contributed by atoms with van der Waals surface area (Å²) in [5, 5.41) is 0. The highest BCUT2D eigenvalue weighted by Crippen LogP contribution is 2.29. The highest BCUT2D eigenvalue weighted by molar-refractivity contribution is 7.98. The van der Waals surface area contributed by atoms with Gasteiger partial charge in [-0.1, -0.05) is 24.3 Å². The molecule has 1 aromatic carbocycles.